The van der Waals surface area contributed by atoms with Crippen molar-refractivity contribution in [3.63, 3.8) is 0 Å². The Morgan fingerprint density at radius 3 is 1.21 bits per heavy atom. The molecule has 0 saturated heterocycles. The molecular weight excluding hydrogens is 168 g/mol. The van der Waals surface area contributed by atoms with Crippen molar-refractivity contribution in [1.29, 1.82) is 0 Å². The van der Waals surface area contributed by atoms with Gasteiger partial charge in [-0.3, -0.25) is 0 Å². The highest BCUT2D eigenvalue weighted by Gasteiger charge is 2.29. The summed E-state index contributed by atoms with van der Waals surface area (Å²) in [4.78, 5) is 0. The Bertz CT molecular complexity index is 108. The molecule has 1 fully saturated rings. The minimum Gasteiger partial charge on any atom is -0.0683 e. The summed E-state index contributed by atoms with van der Waals surface area (Å²) in [6, 6.07) is 0. The Hall–Kier alpha value is 0. The van der Waals surface area contributed by atoms with Crippen LogP contribution in [0.15, 0.2) is 0 Å². The number of rotatable bonds is 2. The van der Waals surface area contributed by atoms with Crippen LogP contribution in [0.5, 0.6) is 0 Å². The van der Waals surface area contributed by atoms with Crippen molar-refractivity contribution in [2.24, 2.45) is 23.7 Å². The molecular formula is C14H30. The van der Waals surface area contributed by atoms with E-state index in [1.807, 2.05) is 13.8 Å². The summed E-state index contributed by atoms with van der Waals surface area (Å²) in [7, 11) is 0. The summed E-state index contributed by atoms with van der Waals surface area (Å²) >= 11 is 0. The molecule has 0 unspecified atom stereocenters. The van der Waals surface area contributed by atoms with Crippen molar-refractivity contribution in [1.82, 2.24) is 0 Å². The fraction of sp³-hybridized carbons (Fsp3) is 1.00. The van der Waals surface area contributed by atoms with E-state index in [9.17, 15) is 0 Å². The topological polar surface area (TPSA) is 0 Å². The minimum absolute atomic E-state index is 0.901. The predicted octanol–water partition coefficient (Wildman–Crippen LogP) is 5.13. The molecule has 0 radical (unpaired) electrons. The molecule has 0 N–H and O–H groups in total. The third kappa shape index (κ3) is 4.02. The highest BCUT2D eigenvalue weighted by atomic mass is 14.3. The Morgan fingerprint density at radius 1 is 0.714 bits per heavy atom. The summed E-state index contributed by atoms with van der Waals surface area (Å²) in [5, 5.41) is 0. The van der Waals surface area contributed by atoms with Crippen LogP contribution in [0.1, 0.15) is 67.2 Å². The van der Waals surface area contributed by atoms with E-state index < -0.39 is 0 Å². The number of hydrogen-bond donors (Lipinski definition) is 0. The maximum absolute atomic E-state index is 2.39. The normalized spacial score (nSPS) is 27.4. The molecule has 0 aromatic carbocycles. The smallest absolute Gasteiger partial charge is 0.0360 e. The van der Waals surface area contributed by atoms with E-state index in [0.717, 1.165) is 23.7 Å². The van der Waals surface area contributed by atoms with Gasteiger partial charge in [0.25, 0.3) is 0 Å². The average Bonchev–Trinajstić information content (AvgIpc) is 2.20. The summed E-state index contributed by atoms with van der Waals surface area (Å²) in [6.45, 7) is 13.6. The van der Waals surface area contributed by atoms with E-state index in [2.05, 4.69) is 27.7 Å². The lowest BCUT2D eigenvalue weighted by Crippen LogP contribution is -2.27. The third-order valence-corrected chi connectivity index (χ3v) is 3.59. The second-order valence-corrected chi connectivity index (χ2v) is 5.10. The summed E-state index contributed by atoms with van der Waals surface area (Å²) in [6.07, 6.45) is 5.93. The number of hydrogen-bond acceptors (Lipinski definition) is 0. The van der Waals surface area contributed by atoms with Gasteiger partial charge in [-0.2, -0.15) is 0 Å². The largest absolute Gasteiger partial charge is 0.0683 e. The van der Waals surface area contributed by atoms with Gasteiger partial charge in [-0.15, -0.1) is 0 Å². The van der Waals surface area contributed by atoms with Crippen molar-refractivity contribution >= 4 is 0 Å². The molecule has 1 rings (SSSR count). The molecule has 1 saturated carbocycles. The highest BCUT2D eigenvalue weighted by molar-refractivity contribution is 4.79. The van der Waals surface area contributed by atoms with Crippen molar-refractivity contribution in [3.05, 3.63) is 0 Å². The van der Waals surface area contributed by atoms with Crippen molar-refractivity contribution in [2.75, 3.05) is 0 Å². The fourth-order valence-electron chi connectivity index (χ4n) is 2.84. The maximum atomic E-state index is 2.39. The molecule has 1 aliphatic carbocycles. The van der Waals surface area contributed by atoms with Gasteiger partial charge in [0.05, 0.1) is 0 Å². The molecule has 0 amide bonds. The van der Waals surface area contributed by atoms with Crippen molar-refractivity contribution in [3.8, 4) is 0 Å². The fourth-order valence-corrected chi connectivity index (χ4v) is 2.84. The molecule has 0 heterocycles. The molecule has 86 valence electrons. The second-order valence-electron chi connectivity index (χ2n) is 5.10. The van der Waals surface area contributed by atoms with E-state index in [1.54, 1.807) is 0 Å². The molecule has 0 aliphatic heterocycles. The molecule has 0 bridgehead atoms. The summed E-state index contributed by atoms with van der Waals surface area (Å²) in [5.74, 6) is 3.83. The maximum Gasteiger partial charge on any atom is -0.0360 e. The van der Waals surface area contributed by atoms with Gasteiger partial charge in [0.2, 0.25) is 0 Å². The molecule has 0 aromatic heterocycles. The van der Waals surface area contributed by atoms with Crippen LogP contribution < -0.4 is 0 Å². The first-order valence-corrected chi connectivity index (χ1v) is 6.63. The van der Waals surface area contributed by atoms with E-state index in [1.165, 1.54) is 25.7 Å². The molecule has 0 aromatic rings. The Morgan fingerprint density at radius 2 is 1.00 bits per heavy atom. The van der Waals surface area contributed by atoms with Crippen LogP contribution >= 0.6 is 0 Å². The van der Waals surface area contributed by atoms with Crippen LogP contribution in [-0.4, -0.2) is 0 Å². The summed E-state index contributed by atoms with van der Waals surface area (Å²) < 4.78 is 0. The predicted molar refractivity (Wildman–Crippen MR) is 66.5 cm³/mol. The zero-order chi connectivity index (χ0) is 11.1. The lowest BCUT2D eigenvalue weighted by atomic mass is 9.69. The van der Waals surface area contributed by atoms with Crippen LogP contribution in [0.4, 0.5) is 0 Å². The monoisotopic (exact) mass is 198 g/mol. The van der Waals surface area contributed by atoms with Gasteiger partial charge in [-0.1, -0.05) is 54.4 Å². The Kier molecular flexibility index (Phi) is 7.31. The van der Waals surface area contributed by atoms with Gasteiger partial charge in [0.1, 0.15) is 0 Å². The van der Waals surface area contributed by atoms with Crippen LogP contribution in [0.2, 0.25) is 0 Å². The molecule has 0 spiro atoms. The first-order valence-electron chi connectivity index (χ1n) is 6.63. The van der Waals surface area contributed by atoms with Gasteiger partial charge >= 0.3 is 0 Å². The van der Waals surface area contributed by atoms with Gasteiger partial charge < -0.3 is 0 Å². The van der Waals surface area contributed by atoms with Crippen LogP contribution in [0.3, 0.4) is 0 Å². The quantitative estimate of drug-likeness (QED) is 0.577. The summed E-state index contributed by atoms with van der Waals surface area (Å²) in [5.41, 5.74) is 0. The second kappa shape index (κ2) is 7.31. The zero-order valence-electron chi connectivity index (χ0n) is 11.1. The van der Waals surface area contributed by atoms with E-state index in [0.29, 0.717) is 0 Å². The molecule has 14 heavy (non-hydrogen) atoms. The van der Waals surface area contributed by atoms with E-state index in [4.69, 9.17) is 0 Å². The molecule has 2 atom stereocenters. The first kappa shape index (κ1) is 14.0. The lowest BCUT2D eigenvalue weighted by Gasteiger charge is -2.37. The molecule has 1 aliphatic rings. The standard InChI is InChI=1S/C12H24.C2H6/c1-9(2)11-7-5-6-8-12(11)10(3)4;1-2/h9-12H,5-8H2,1-4H3;1-2H3/t11-,12-;/m0./s1. The minimum atomic E-state index is 0.901. The third-order valence-electron chi connectivity index (χ3n) is 3.59. The van der Waals surface area contributed by atoms with E-state index >= 15 is 0 Å². The zero-order valence-corrected chi connectivity index (χ0v) is 11.1. The molecule has 0 nitrogen and oxygen atoms in total. The lowest BCUT2D eigenvalue weighted by molar-refractivity contribution is 0.136. The van der Waals surface area contributed by atoms with Gasteiger partial charge in [-0.05, 0) is 36.5 Å². The highest BCUT2D eigenvalue weighted by Crippen LogP contribution is 2.38. The van der Waals surface area contributed by atoms with Crippen molar-refractivity contribution in [2.45, 2.75) is 67.2 Å². The molecule has 0 heteroatoms. The van der Waals surface area contributed by atoms with E-state index in [-0.39, 0.29) is 0 Å². The first-order chi connectivity index (χ1) is 6.63. The SMILES string of the molecule is CC.CC(C)[C@@H]1CCCC[C@H]1C(C)C. The van der Waals surface area contributed by atoms with Gasteiger partial charge in [0, 0.05) is 0 Å². The Balaban J connectivity index is 0.000000791. The van der Waals surface area contributed by atoms with Crippen molar-refractivity contribution < 1.29 is 0 Å². The average molecular weight is 198 g/mol. The van der Waals surface area contributed by atoms with Gasteiger partial charge in [-0.25, -0.2) is 0 Å². The van der Waals surface area contributed by atoms with Gasteiger partial charge in [0.15, 0.2) is 0 Å². The van der Waals surface area contributed by atoms with Crippen LogP contribution in [-0.2, 0) is 0 Å². The Labute approximate surface area is 91.5 Å². The van der Waals surface area contributed by atoms with Crippen LogP contribution in [0.25, 0.3) is 0 Å². The van der Waals surface area contributed by atoms with Crippen LogP contribution in [0, 0.1) is 23.7 Å².